The normalized spacial score (nSPS) is 10.5. The van der Waals surface area contributed by atoms with Gasteiger partial charge in [0.25, 0.3) is 11.8 Å². The summed E-state index contributed by atoms with van der Waals surface area (Å²) in [5, 5.41) is 12.7. The highest BCUT2D eigenvalue weighted by Gasteiger charge is 2.07. The molecule has 0 saturated carbocycles. The molecule has 0 bridgehead atoms. The molecule has 2 aromatic rings. The molecule has 0 fully saturated rings. The van der Waals surface area contributed by atoms with Crippen LogP contribution in [0.15, 0.2) is 53.6 Å². The van der Waals surface area contributed by atoms with E-state index in [1.54, 1.807) is 41.9 Å². The van der Waals surface area contributed by atoms with Crippen LogP contribution in [-0.4, -0.2) is 23.2 Å². The molecule has 2 aromatic carbocycles. The first-order chi connectivity index (χ1) is 10.6. The minimum absolute atomic E-state index is 0.305. The summed E-state index contributed by atoms with van der Waals surface area (Å²) >= 11 is 5.90. The smallest absolute Gasteiger partial charge is 0.274 e. The van der Waals surface area contributed by atoms with Gasteiger partial charge in [-0.15, -0.1) is 0 Å². The molecule has 0 atom stereocenters. The fourth-order valence-corrected chi connectivity index (χ4v) is 1.88. The first kappa shape index (κ1) is 15.7. The second-order valence-electron chi connectivity index (χ2n) is 4.24. The summed E-state index contributed by atoms with van der Waals surface area (Å²) in [5.74, 6) is -1.02. The molecule has 0 aliphatic carbocycles. The molecule has 2 amide bonds. The molecule has 0 aliphatic heterocycles. The predicted molar refractivity (Wildman–Crippen MR) is 82.2 cm³/mol. The topological polar surface area (TPSA) is 90.8 Å². The Bertz CT molecular complexity index is 714. The lowest BCUT2D eigenvalue weighted by Crippen LogP contribution is -2.18. The summed E-state index contributed by atoms with van der Waals surface area (Å²) < 4.78 is 0. The van der Waals surface area contributed by atoms with Crippen molar-refractivity contribution >= 4 is 29.6 Å². The molecule has 22 heavy (non-hydrogen) atoms. The summed E-state index contributed by atoms with van der Waals surface area (Å²) in [5.41, 5.74) is 5.21. The Morgan fingerprint density at radius 2 is 1.73 bits per heavy atom. The molecule has 6 nitrogen and oxygen atoms in total. The summed E-state index contributed by atoms with van der Waals surface area (Å²) in [7, 11) is 0. The number of hydrogen-bond acceptors (Lipinski definition) is 4. The maximum atomic E-state index is 11.8. The summed E-state index contributed by atoms with van der Waals surface area (Å²) in [6.07, 6.45) is 1.43. The van der Waals surface area contributed by atoms with Crippen LogP contribution < -0.4 is 10.9 Å². The van der Waals surface area contributed by atoms with Crippen LogP contribution in [0.5, 0.6) is 0 Å². The number of hydrazone groups is 1. The van der Waals surface area contributed by atoms with E-state index in [9.17, 15) is 9.59 Å². The highest BCUT2D eigenvalue weighted by Crippen LogP contribution is 2.14. The Kier molecular flexibility index (Phi) is 5.24. The minimum atomic E-state index is -0.601. The van der Waals surface area contributed by atoms with Crippen LogP contribution in [-0.2, 0) is 0 Å². The van der Waals surface area contributed by atoms with Crippen molar-refractivity contribution < 1.29 is 14.8 Å². The van der Waals surface area contributed by atoms with Crippen LogP contribution in [0.4, 0.5) is 0 Å². The number of rotatable bonds is 4. The van der Waals surface area contributed by atoms with Crippen molar-refractivity contribution in [3.8, 4) is 0 Å². The van der Waals surface area contributed by atoms with Crippen LogP contribution >= 0.6 is 11.6 Å². The zero-order valence-electron chi connectivity index (χ0n) is 11.3. The zero-order chi connectivity index (χ0) is 15.9. The van der Waals surface area contributed by atoms with Gasteiger partial charge in [-0.05, 0) is 29.8 Å². The molecule has 2 rings (SSSR count). The summed E-state index contributed by atoms with van der Waals surface area (Å²) in [6.45, 7) is 0. The van der Waals surface area contributed by atoms with Gasteiger partial charge in [-0.2, -0.15) is 5.10 Å². The van der Waals surface area contributed by atoms with Gasteiger partial charge in [-0.1, -0.05) is 35.9 Å². The summed E-state index contributed by atoms with van der Waals surface area (Å²) in [6, 6.07) is 12.9. The number of hydrogen-bond donors (Lipinski definition) is 3. The quantitative estimate of drug-likeness (QED) is 0.459. The third-order valence-corrected chi connectivity index (χ3v) is 3.10. The first-order valence-corrected chi connectivity index (χ1v) is 6.62. The van der Waals surface area contributed by atoms with E-state index in [0.717, 1.165) is 0 Å². The number of nitrogens with zero attached hydrogens (tertiary/aromatic N) is 1. The molecule has 0 heterocycles. The van der Waals surface area contributed by atoms with E-state index in [1.165, 1.54) is 18.3 Å². The van der Waals surface area contributed by atoms with Gasteiger partial charge >= 0.3 is 0 Å². The number of nitrogens with one attached hydrogen (secondary N) is 2. The van der Waals surface area contributed by atoms with Gasteiger partial charge in [0.15, 0.2) is 0 Å². The number of benzene rings is 2. The molecule has 0 aromatic heterocycles. The van der Waals surface area contributed by atoms with Gasteiger partial charge in [0.1, 0.15) is 0 Å². The predicted octanol–water partition coefficient (Wildman–Crippen LogP) is 2.22. The maximum absolute atomic E-state index is 11.8. The fraction of sp³-hybridized carbons (Fsp3) is 0. The molecule has 0 radical (unpaired) electrons. The second-order valence-corrected chi connectivity index (χ2v) is 4.65. The molecular weight excluding hydrogens is 306 g/mol. The Labute approximate surface area is 131 Å². The van der Waals surface area contributed by atoms with E-state index in [0.29, 0.717) is 21.7 Å². The van der Waals surface area contributed by atoms with Crippen molar-refractivity contribution in [2.24, 2.45) is 5.10 Å². The van der Waals surface area contributed by atoms with Gasteiger partial charge in [-0.25, -0.2) is 10.9 Å². The zero-order valence-corrected chi connectivity index (χ0v) is 12.0. The Balaban J connectivity index is 1.99. The molecular formula is C15H12ClN3O3. The average molecular weight is 318 g/mol. The van der Waals surface area contributed by atoms with Crippen LogP contribution in [0.2, 0.25) is 5.02 Å². The number of halogens is 1. The van der Waals surface area contributed by atoms with E-state index in [-0.39, 0.29) is 0 Å². The van der Waals surface area contributed by atoms with Crippen molar-refractivity contribution in [3.05, 3.63) is 70.2 Å². The molecule has 0 aliphatic rings. The van der Waals surface area contributed by atoms with Crippen molar-refractivity contribution in [1.29, 1.82) is 0 Å². The standard InChI is InChI=1S/C15H12ClN3O3/c16-13-4-2-1-3-12(13)15(21)18-17-9-10-5-7-11(8-6-10)14(20)19-22/h1-9,22H,(H,18,21)(H,19,20). The fourth-order valence-electron chi connectivity index (χ4n) is 1.66. The number of hydroxylamine groups is 1. The molecule has 0 spiro atoms. The lowest BCUT2D eigenvalue weighted by atomic mass is 10.1. The Hall–Kier alpha value is -2.70. The van der Waals surface area contributed by atoms with Crippen LogP contribution in [0, 0.1) is 0 Å². The molecule has 7 heteroatoms. The van der Waals surface area contributed by atoms with E-state index in [1.807, 2.05) is 0 Å². The van der Waals surface area contributed by atoms with Crippen molar-refractivity contribution in [3.63, 3.8) is 0 Å². The van der Waals surface area contributed by atoms with E-state index < -0.39 is 11.8 Å². The van der Waals surface area contributed by atoms with E-state index >= 15 is 0 Å². The third kappa shape index (κ3) is 3.91. The van der Waals surface area contributed by atoms with Gasteiger partial charge in [-0.3, -0.25) is 14.8 Å². The number of carbonyl (C=O) groups is 2. The highest BCUT2D eigenvalue weighted by atomic mass is 35.5. The van der Waals surface area contributed by atoms with E-state index in [2.05, 4.69) is 10.5 Å². The Morgan fingerprint density at radius 3 is 2.36 bits per heavy atom. The monoisotopic (exact) mass is 317 g/mol. The Morgan fingerprint density at radius 1 is 1.05 bits per heavy atom. The maximum Gasteiger partial charge on any atom is 0.274 e. The molecule has 112 valence electrons. The van der Waals surface area contributed by atoms with Gasteiger partial charge in [0, 0.05) is 5.56 Å². The molecule has 0 saturated heterocycles. The van der Waals surface area contributed by atoms with Gasteiger partial charge in [0.05, 0.1) is 16.8 Å². The number of carbonyl (C=O) groups excluding carboxylic acids is 2. The van der Waals surface area contributed by atoms with Crippen molar-refractivity contribution in [2.75, 3.05) is 0 Å². The molecule has 0 unspecified atom stereocenters. The largest absolute Gasteiger partial charge is 0.288 e. The lowest BCUT2D eigenvalue weighted by molar-refractivity contribution is 0.0706. The highest BCUT2D eigenvalue weighted by molar-refractivity contribution is 6.33. The van der Waals surface area contributed by atoms with Crippen molar-refractivity contribution in [2.45, 2.75) is 0 Å². The SMILES string of the molecule is O=C(NO)c1ccc(C=NNC(=O)c2ccccc2Cl)cc1. The van der Waals surface area contributed by atoms with E-state index in [4.69, 9.17) is 16.8 Å². The molecule has 3 N–H and O–H groups in total. The average Bonchev–Trinajstić information content (AvgIpc) is 2.55. The van der Waals surface area contributed by atoms with Crippen molar-refractivity contribution in [1.82, 2.24) is 10.9 Å². The van der Waals surface area contributed by atoms with Gasteiger partial charge in [0.2, 0.25) is 0 Å². The van der Waals surface area contributed by atoms with Gasteiger partial charge < -0.3 is 0 Å². The third-order valence-electron chi connectivity index (χ3n) is 2.77. The van der Waals surface area contributed by atoms with Crippen LogP contribution in [0.1, 0.15) is 26.3 Å². The van der Waals surface area contributed by atoms with Crippen LogP contribution in [0.3, 0.4) is 0 Å². The lowest BCUT2D eigenvalue weighted by Gasteiger charge is -2.02. The second kappa shape index (κ2) is 7.35. The van der Waals surface area contributed by atoms with Crippen LogP contribution in [0.25, 0.3) is 0 Å². The number of amides is 2. The summed E-state index contributed by atoms with van der Waals surface area (Å²) in [4.78, 5) is 23.0. The first-order valence-electron chi connectivity index (χ1n) is 6.24. The minimum Gasteiger partial charge on any atom is -0.288 e.